The lowest BCUT2D eigenvalue weighted by molar-refractivity contribution is -0.137. The minimum absolute atomic E-state index is 0.0622. The van der Waals surface area contributed by atoms with Gasteiger partial charge in [0.25, 0.3) is 0 Å². The van der Waals surface area contributed by atoms with Crippen LogP contribution in [0.5, 0.6) is 0 Å². The molecule has 3 aliphatic rings. The summed E-state index contributed by atoms with van der Waals surface area (Å²) in [7, 11) is 1.62. The van der Waals surface area contributed by atoms with Crippen LogP contribution in [0.15, 0.2) is 11.6 Å². The van der Waals surface area contributed by atoms with Crippen molar-refractivity contribution in [2.75, 3.05) is 20.3 Å². The van der Waals surface area contributed by atoms with Crippen molar-refractivity contribution >= 4 is 11.8 Å². The van der Waals surface area contributed by atoms with E-state index in [4.69, 9.17) is 4.74 Å². The fraction of sp³-hybridized carbons (Fsp3) is 0.800. The molecule has 2 fully saturated rings. The minimum atomic E-state index is -0.402. The van der Waals surface area contributed by atoms with Crippen molar-refractivity contribution in [1.82, 2.24) is 10.2 Å². The predicted molar refractivity (Wildman–Crippen MR) is 97.1 cm³/mol. The molecular formula is C20H32N2O3. The van der Waals surface area contributed by atoms with Gasteiger partial charge in [0.15, 0.2) is 0 Å². The molecule has 2 aliphatic heterocycles. The second-order valence-corrected chi connectivity index (χ2v) is 7.80. The van der Waals surface area contributed by atoms with Crippen molar-refractivity contribution in [3.63, 3.8) is 0 Å². The van der Waals surface area contributed by atoms with Crippen LogP contribution in [0.4, 0.5) is 0 Å². The molecule has 2 heterocycles. The van der Waals surface area contributed by atoms with Gasteiger partial charge in [-0.25, -0.2) is 0 Å². The smallest absolute Gasteiger partial charge is 0.228 e. The fourth-order valence-corrected chi connectivity index (χ4v) is 5.10. The molecule has 1 aliphatic carbocycles. The molecule has 0 unspecified atom stereocenters. The molecule has 3 atom stereocenters. The van der Waals surface area contributed by atoms with E-state index in [0.29, 0.717) is 19.6 Å². The molecule has 0 aromatic carbocycles. The summed E-state index contributed by atoms with van der Waals surface area (Å²) in [5.41, 5.74) is 0.961. The molecule has 5 heteroatoms. The van der Waals surface area contributed by atoms with Crippen LogP contribution in [-0.2, 0) is 14.3 Å². The highest BCUT2D eigenvalue weighted by Gasteiger charge is 2.59. The van der Waals surface area contributed by atoms with Crippen LogP contribution >= 0.6 is 0 Å². The van der Waals surface area contributed by atoms with Gasteiger partial charge in [-0.05, 0) is 51.4 Å². The van der Waals surface area contributed by atoms with Crippen LogP contribution < -0.4 is 5.32 Å². The number of rotatable bonds is 7. The minimum Gasteiger partial charge on any atom is -0.384 e. The zero-order chi connectivity index (χ0) is 17.9. The molecule has 0 spiro atoms. The predicted octanol–water partition coefficient (Wildman–Crippen LogP) is 2.80. The first-order valence-corrected chi connectivity index (χ1v) is 9.88. The van der Waals surface area contributed by atoms with Crippen molar-refractivity contribution in [3.8, 4) is 0 Å². The van der Waals surface area contributed by atoms with Crippen LogP contribution in [0.25, 0.3) is 0 Å². The van der Waals surface area contributed by atoms with Gasteiger partial charge in [-0.15, -0.1) is 0 Å². The second kappa shape index (κ2) is 7.90. The Morgan fingerprint density at radius 3 is 2.88 bits per heavy atom. The number of hydrogen-bond acceptors (Lipinski definition) is 3. The Hall–Kier alpha value is -1.36. The molecule has 2 amide bonds. The van der Waals surface area contributed by atoms with Gasteiger partial charge in [0.1, 0.15) is 0 Å². The van der Waals surface area contributed by atoms with Gasteiger partial charge in [-0.1, -0.05) is 18.6 Å². The number of carbonyl (C=O) groups is 2. The molecule has 5 nitrogen and oxygen atoms in total. The average Bonchev–Trinajstić information content (AvgIpc) is 3.21. The lowest BCUT2D eigenvalue weighted by Gasteiger charge is -2.35. The van der Waals surface area contributed by atoms with E-state index in [1.807, 2.05) is 4.90 Å². The number of allylic oxidation sites excluding steroid dienone is 1. The Bertz CT molecular complexity index is 545. The maximum absolute atomic E-state index is 13.1. The highest BCUT2D eigenvalue weighted by Crippen LogP contribution is 2.52. The van der Waals surface area contributed by atoms with Gasteiger partial charge in [0.05, 0.1) is 18.4 Å². The monoisotopic (exact) mass is 348 g/mol. The summed E-state index contributed by atoms with van der Waals surface area (Å²) >= 11 is 0. The third-order valence-corrected chi connectivity index (χ3v) is 6.49. The number of carbonyl (C=O) groups excluding carboxylic acids is 2. The van der Waals surface area contributed by atoms with Crippen LogP contribution in [0.1, 0.15) is 64.7 Å². The van der Waals surface area contributed by atoms with Gasteiger partial charge < -0.3 is 15.0 Å². The topological polar surface area (TPSA) is 58.6 Å². The Morgan fingerprint density at radius 2 is 2.20 bits per heavy atom. The summed E-state index contributed by atoms with van der Waals surface area (Å²) in [6.07, 6.45) is 11.0. The molecule has 25 heavy (non-hydrogen) atoms. The van der Waals surface area contributed by atoms with E-state index in [2.05, 4.69) is 18.3 Å². The molecule has 0 aromatic heterocycles. The average molecular weight is 348 g/mol. The van der Waals surface area contributed by atoms with Gasteiger partial charge in [-0.3, -0.25) is 9.59 Å². The molecular weight excluding hydrogens is 316 g/mol. The van der Waals surface area contributed by atoms with Crippen LogP contribution in [0.3, 0.4) is 0 Å². The third-order valence-electron chi connectivity index (χ3n) is 6.49. The lowest BCUT2D eigenvalue weighted by Crippen LogP contribution is -2.50. The highest BCUT2D eigenvalue weighted by atomic mass is 16.5. The Kier molecular flexibility index (Phi) is 5.82. The first kappa shape index (κ1) is 18.4. The van der Waals surface area contributed by atoms with Gasteiger partial charge in [0.2, 0.25) is 11.8 Å². The van der Waals surface area contributed by atoms with Crippen LogP contribution in [0, 0.1) is 5.41 Å². The highest BCUT2D eigenvalue weighted by molar-refractivity contribution is 5.87. The van der Waals surface area contributed by atoms with Crippen LogP contribution in [-0.4, -0.2) is 49.1 Å². The third kappa shape index (κ3) is 3.48. The quantitative estimate of drug-likeness (QED) is 0.720. The van der Waals surface area contributed by atoms with E-state index in [-0.39, 0.29) is 23.9 Å². The Balaban J connectivity index is 1.67. The Morgan fingerprint density at radius 1 is 1.36 bits per heavy atom. The van der Waals surface area contributed by atoms with E-state index in [1.54, 1.807) is 7.11 Å². The maximum Gasteiger partial charge on any atom is 0.228 e. The van der Waals surface area contributed by atoms with E-state index < -0.39 is 5.41 Å². The summed E-state index contributed by atoms with van der Waals surface area (Å²) in [5, 5.41) is 3.20. The number of amides is 2. The molecule has 2 saturated heterocycles. The summed E-state index contributed by atoms with van der Waals surface area (Å²) in [4.78, 5) is 27.7. The normalized spacial score (nSPS) is 31.1. The molecule has 0 aromatic rings. The SMILES string of the molecule is CC[C@@]1(C(=O)NCC2=CCCCC2)C[C@@H]2CC[C@H]1N2C(=O)CCOC. The molecule has 0 radical (unpaired) electrons. The molecule has 140 valence electrons. The summed E-state index contributed by atoms with van der Waals surface area (Å²) in [6, 6.07) is 0.293. The van der Waals surface area contributed by atoms with Crippen molar-refractivity contribution in [1.29, 1.82) is 0 Å². The maximum atomic E-state index is 13.1. The lowest BCUT2D eigenvalue weighted by atomic mass is 9.71. The molecule has 3 rings (SSSR count). The Labute approximate surface area is 151 Å². The number of nitrogens with zero attached hydrogens (tertiary/aromatic N) is 1. The summed E-state index contributed by atoms with van der Waals surface area (Å²) in [5.74, 6) is 0.297. The van der Waals surface area contributed by atoms with Crippen molar-refractivity contribution < 1.29 is 14.3 Å². The zero-order valence-corrected chi connectivity index (χ0v) is 15.7. The number of methoxy groups -OCH3 is 1. The molecule has 0 saturated carbocycles. The first-order valence-electron chi connectivity index (χ1n) is 9.88. The van der Waals surface area contributed by atoms with Crippen LogP contribution in [0.2, 0.25) is 0 Å². The fourth-order valence-electron chi connectivity index (χ4n) is 5.10. The largest absolute Gasteiger partial charge is 0.384 e. The summed E-state index contributed by atoms with van der Waals surface area (Å²) < 4.78 is 5.06. The van der Waals surface area contributed by atoms with Gasteiger partial charge >= 0.3 is 0 Å². The standard InChI is InChI=1S/C20H32N2O3/c1-3-20(19(24)21-14-15-7-5-4-6-8-15)13-16-9-10-17(20)22(16)18(23)11-12-25-2/h7,16-17H,3-6,8-14H2,1-2H3,(H,21,24)/t16-,17+,20+/m0/s1. The summed E-state index contributed by atoms with van der Waals surface area (Å²) in [6.45, 7) is 3.22. The molecule has 2 bridgehead atoms. The van der Waals surface area contributed by atoms with E-state index in [0.717, 1.165) is 38.5 Å². The van der Waals surface area contributed by atoms with E-state index in [1.165, 1.54) is 18.4 Å². The number of fused-ring (bicyclic) bond motifs is 2. The number of nitrogens with one attached hydrogen (secondary N) is 1. The number of ether oxygens (including phenoxy) is 1. The van der Waals surface area contributed by atoms with Crippen molar-refractivity contribution in [3.05, 3.63) is 11.6 Å². The zero-order valence-electron chi connectivity index (χ0n) is 15.7. The molecule has 1 N–H and O–H groups in total. The second-order valence-electron chi connectivity index (χ2n) is 7.80. The first-order chi connectivity index (χ1) is 12.1. The number of hydrogen-bond donors (Lipinski definition) is 1. The van der Waals surface area contributed by atoms with Crippen molar-refractivity contribution in [2.45, 2.75) is 76.8 Å². The van der Waals surface area contributed by atoms with E-state index in [9.17, 15) is 9.59 Å². The van der Waals surface area contributed by atoms with Gasteiger partial charge in [0, 0.05) is 25.7 Å². The van der Waals surface area contributed by atoms with Crippen molar-refractivity contribution in [2.24, 2.45) is 5.41 Å². The van der Waals surface area contributed by atoms with Gasteiger partial charge in [-0.2, -0.15) is 0 Å². The van der Waals surface area contributed by atoms with E-state index >= 15 is 0 Å².